The first kappa shape index (κ1) is 13.5. The summed E-state index contributed by atoms with van der Waals surface area (Å²) < 4.78 is 5.61. The summed E-state index contributed by atoms with van der Waals surface area (Å²) in [5.41, 5.74) is 0. The van der Waals surface area contributed by atoms with Gasteiger partial charge in [0.15, 0.2) is 11.6 Å². The Balaban J connectivity index is 1.85. The molecule has 0 radical (unpaired) electrons. The van der Waals surface area contributed by atoms with Gasteiger partial charge in [-0.15, -0.1) is 0 Å². The van der Waals surface area contributed by atoms with Gasteiger partial charge in [-0.25, -0.2) is 9.97 Å². The van der Waals surface area contributed by atoms with Crippen LogP contribution in [0.15, 0.2) is 6.33 Å². The van der Waals surface area contributed by atoms with Gasteiger partial charge in [0.05, 0.1) is 7.11 Å². The van der Waals surface area contributed by atoms with Gasteiger partial charge in [-0.1, -0.05) is 6.92 Å². The highest BCUT2D eigenvalue weighted by Gasteiger charge is 2.36. The zero-order valence-electron chi connectivity index (χ0n) is 12.4. The second-order valence-electron chi connectivity index (χ2n) is 5.83. The fourth-order valence-electron chi connectivity index (χ4n) is 2.50. The third-order valence-corrected chi connectivity index (χ3v) is 3.94. The standard InChI is InChI=1S/C15H24N4O/c1-3-8-16-14-13(20-2)15(18-10-17-14)19(12-6-7-12)9-11-4-5-11/h10-12H,3-9H2,1-2H3,(H,16,17,18). The van der Waals surface area contributed by atoms with Crippen LogP contribution < -0.4 is 15.0 Å². The van der Waals surface area contributed by atoms with Crippen molar-refractivity contribution in [2.24, 2.45) is 5.92 Å². The summed E-state index contributed by atoms with van der Waals surface area (Å²) >= 11 is 0. The lowest BCUT2D eigenvalue weighted by molar-refractivity contribution is 0.411. The van der Waals surface area contributed by atoms with E-state index in [-0.39, 0.29) is 0 Å². The lowest BCUT2D eigenvalue weighted by atomic mass is 10.3. The molecule has 0 bridgehead atoms. The molecule has 2 aliphatic rings. The largest absolute Gasteiger partial charge is 0.490 e. The quantitative estimate of drug-likeness (QED) is 0.791. The number of nitrogens with one attached hydrogen (secondary N) is 1. The van der Waals surface area contributed by atoms with Crippen LogP contribution in [0.1, 0.15) is 39.0 Å². The third-order valence-electron chi connectivity index (χ3n) is 3.94. The van der Waals surface area contributed by atoms with Gasteiger partial charge in [0.1, 0.15) is 6.33 Å². The number of rotatable bonds is 8. The van der Waals surface area contributed by atoms with Crippen LogP contribution in [0.2, 0.25) is 0 Å². The van der Waals surface area contributed by atoms with Crippen molar-refractivity contribution in [3.05, 3.63) is 6.33 Å². The Morgan fingerprint density at radius 3 is 2.70 bits per heavy atom. The van der Waals surface area contributed by atoms with Crippen molar-refractivity contribution < 1.29 is 4.74 Å². The Bertz CT molecular complexity index is 457. The van der Waals surface area contributed by atoms with Crippen LogP contribution in [0.3, 0.4) is 0 Å². The first-order valence-corrected chi connectivity index (χ1v) is 7.73. The second kappa shape index (κ2) is 5.85. The van der Waals surface area contributed by atoms with Crippen LogP contribution in [-0.4, -0.2) is 36.2 Å². The van der Waals surface area contributed by atoms with Crippen molar-refractivity contribution in [2.75, 3.05) is 30.4 Å². The van der Waals surface area contributed by atoms with E-state index in [1.807, 2.05) is 0 Å². The number of methoxy groups -OCH3 is 1. The average Bonchev–Trinajstić information content (AvgIpc) is 3.35. The van der Waals surface area contributed by atoms with Gasteiger partial charge in [-0.3, -0.25) is 0 Å². The molecule has 0 amide bonds. The van der Waals surface area contributed by atoms with Crippen molar-refractivity contribution in [1.29, 1.82) is 0 Å². The molecule has 110 valence electrons. The highest BCUT2D eigenvalue weighted by atomic mass is 16.5. The topological polar surface area (TPSA) is 50.3 Å². The molecule has 0 aliphatic heterocycles. The number of hydrogen-bond donors (Lipinski definition) is 1. The summed E-state index contributed by atoms with van der Waals surface area (Å²) in [4.78, 5) is 11.3. The Hall–Kier alpha value is -1.52. The normalized spacial score (nSPS) is 17.9. The van der Waals surface area contributed by atoms with Gasteiger partial charge in [-0.05, 0) is 38.0 Å². The molecule has 1 N–H and O–H groups in total. The second-order valence-corrected chi connectivity index (χ2v) is 5.83. The van der Waals surface area contributed by atoms with E-state index in [4.69, 9.17) is 4.74 Å². The van der Waals surface area contributed by atoms with Crippen LogP contribution in [0.25, 0.3) is 0 Å². The van der Waals surface area contributed by atoms with E-state index in [1.165, 1.54) is 25.7 Å². The van der Waals surface area contributed by atoms with Gasteiger partial charge in [0.25, 0.3) is 0 Å². The maximum Gasteiger partial charge on any atom is 0.204 e. The van der Waals surface area contributed by atoms with Gasteiger partial charge in [0, 0.05) is 19.1 Å². The van der Waals surface area contributed by atoms with Crippen molar-refractivity contribution in [3.63, 3.8) is 0 Å². The van der Waals surface area contributed by atoms with Crippen molar-refractivity contribution in [2.45, 2.75) is 45.1 Å². The smallest absolute Gasteiger partial charge is 0.204 e. The molecule has 2 aliphatic carbocycles. The number of hydrogen-bond acceptors (Lipinski definition) is 5. The number of aromatic nitrogens is 2. The molecule has 2 saturated carbocycles. The van der Waals surface area contributed by atoms with Gasteiger partial charge >= 0.3 is 0 Å². The van der Waals surface area contributed by atoms with Crippen LogP contribution in [0.4, 0.5) is 11.6 Å². The highest BCUT2D eigenvalue weighted by Crippen LogP contribution is 2.41. The Morgan fingerprint density at radius 1 is 1.30 bits per heavy atom. The predicted molar refractivity (Wildman–Crippen MR) is 80.5 cm³/mol. The molecule has 5 nitrogen and oxygen atoms in total. The average molecular weight is 276 g/mol. The molecule has 0 aromatic carbocycles. The summed E-state index contributed by atoms with van der Waals surface area (Å²) in [5.74, 6) is 3.44. The maximum absolute atomic E-state index is 5.61. The third kappa shape index (κ3) is 2.97. The molecule has 0 saturated heterocycles. The predicted octanol–water partition coefficient (Wildman–Crippen LogP) is 2.69. The van der Waals surface area contributed by atoms with E-state index in [2.05, 4.69) is 27.1 Å². The minimum absolute atomic E-state index is 0.651. The summed E-state index contributed by atoms with van der Waals surface area (Å²) in [6.45, 7) is 4.16. The highest BCUT2D eigenvalue weighted by molar-refractivity contribution is 5.65. The molecule has 5 heteroatoms. The molecule has 1 aromatic rings. The van der Waals surface area contributed by atoms with Crippen molar-refractivity contribution in [3.8, 4) is 5.75 Å². The first-order chi connectivity index (χ1) is 9.83. The molecule has 20 heavy (non-hydrogen) atoms. The van der Waals surface area contributed by atoms with E-state index < -0.39 is 0 Å². The molecule has 0 spiro atoms. The van der Waals surface area contributed by atoms with E-state index in [1.54, 1.807) is 13.4 Å². The van der Waals surface area contributed by atoms with Crippen molar-refractivity contribution in [1.82, 2.24) is 9.97 Å². The van der Waals surface area contributed by atoms with E-state index in [0.29, 0.717) is 6.04 Å². The molecule has 1 aromatic heterocycles. The van der Waals surface area contributed by atoms with Gasteiger partial charge in [-0.2, -0.15) is 0 Å². The van der Waals surface area contributed by atoms with Gasteiger partial charge < -0.3 is 15.0 Å². The van der Waals surface area contributed by atoms with Crippen LogP contribution >= 0.6 is 0 Å². The minimum atomic E-state index is 0.651. The monoisotopic (exact) mass is 276 g/mol. The zero-order valence-corrected chi connectivity index (χ0v) is 12.4. The fourth-order valence-corrected chi connectivity index (χ4v) is 2.50. The Kier molecular flexibility index (Phi) is 3.94. The Labute approximate surface area is 120 Å². The molecular weight excluding hydrogens is 252 g/mol. The summed E-state index contributed by atoms with van der Waals surface area (Å²) in [7, 11) is 1.71. The zero-order chi connectivity index (χ0) is 13.9. The van der Waals surface area contributed by atoms with Crippen LogP contribution in [0.5, 0.6) is 5.75 Å². The summed E-state index contributed by atoms with van der Waals surface area (Å²) in [6.07, 6.45) is 7.99. The van der Waals surface area contributed by atoms with Gasteiger partial charge in [0.2, 0.25) is 5.75 Å². The van der Waals surface area contributed by atoms with Crippen molar-refractivity contribution >= 4 is 11.6 Å². The number of nitrogens with zero attached hydrogens (tertiary/aromatic N) is 3. The number of anilines is 2. The SMILES string of the molecule is CCCNc1ncnc(N(CC2CC2)C2CC2)c1OC. The van der Waals surface area contributed by atoms with E-state index in [0.717, 1.165) is 42.8 Å². The van der Waals surface area contributed by atoms with Crippen LogP contribution in [0, 0.1) is 5.92 Å². The molecule has 3 rings (SSSR count). The van der Waals surface area contributed by atoms with E-state index in [9.17, 15) is 0 Å². The Morgan fingerprint density at radius 2 is 2.10 bits per heavy atom. The lowest BCUT2D eigenvalue weighted by Gasteiger charge is -2.25. The molecule has 1 heterocycles. The number of ether oxygens (including phenoxy) is 1. The fraction of sp³-hybridized carbons (Fsp3) is 0.733. The molecular formula is C15H24N4O. The first-order valence-electron chi connectivity index (χ1n) is 7.73. The van der Waals surface area contributed by atoms with E-state index >= 15 is 0 Å². The summed E-state index contributed by atoms with van der Waals surface area (Å²) in [6, 6.07) is 0.651. The van der Waals surface area contributed by atoms with Crippen LogP contribution in [-0.2, 0) is 0 Å². The summed E-state index contributed by atoms with van der Waals surface area (Å²) in [5, 5.41) is 3.33. The molecule has 2 fully saturated rings. The minimum Gasteiger partial charge on any atom is -0.490 e. The molecule has 0 atom stereocenters. The maximum atomic E-state index is 5.61. The lowest BCUT2D eigenvalue weighted by Crippen LogP contribution is -2.29. The molecule has 0 unspecified atom stereocenters.